The summed E-state index contributed by atoms with van der Waals surface area (Å²) in [6, 6.07) is 22.3. The van der Waals surface area contributed by atoms with Gasteiger partial charge in [-0.2, -0.15) is 0 Å². The third kappa shape index (κ3) is 4.00. The highest BCUT2D eigenvalue weighted by molar-refractivity contribution is 7.17. The molecule has 0 fully saturated rings. The van der Waals surface area contributed by atoms with Crippen molar-refractivity contribution in [3.8, 4) is 16.3 Å². The predicted molar refractivity (Wildman–Crippen MR) is 136 cm³/mol. The number of nitrogens with zero attached hydrogens (tertiary/aromatic N) is 2. The van der Waals surface area contributed by atoms with E-state index < -0.39 is 23.5 Å². The molecule has 2 N–H and O–H groups in total. The first kappa shape index (κ1) is 22.6. The largest absolute Gasteiger partial charge is 0.508 e. The molecule has 6 nitrogen and oxygen atoms in total. The second-order valence-corrected chi connectivity index (χ2v) is 9.40. The van der Waals surface area contributed by atoms with Gasteiger partial charge in [-0.1, -0.05) is 54.6 Å². The molecule has 2 heterocycles. The van der Waals surface area contributed by atoms with Crippen LogP contribution in [0.15, 0.2) is 90.2 Å². The van der Waals surface area contributed by atoms with Crippen LogP contribution >= 0.6 is 11.3 Å². The zero-order chi connectivity index (χ0) is 24.7. The average molecular weight is 483 g/mol. The van der Waals surface area contributed by atoms with Crippen LogP contribution in [-0.4, -0.2) is 26.9 Å². The fourth-order valence-electron chi connectivity index (χ4n) is 4.33. The van der Waals surface area contributed by atoms with Gasteiger partial charge in [-0.15, -0.1) is 11.3 Å². The number of phenolic OH excluding ortho intramolecular Hbond substituents is 1. The highest BCUT2D eigenvalue weighted by Gasteiger charge is 2.45. The van der Waals surface area contributed by atoms with Gasteiger partial charge in [0, 0.05) is 11.3 Å². The van der Waals surface area contributed by atoms with E-state index in [-0.39, 0.29) is 11.3 Å². The Morgan fingerprint density at radius 2 is 1.69 bits per heavy atom. The number of aliphatic hydroxyl groups is 1. The standard InChI is InChI=1S/C28H22N2O4S/c1-16-8-6-12-20(14-16)30-23(19-11-7-13-21(31)15-19)22(25(33)28(30)34)24(32)26-17(2)29-27(35-26)18-9-4-3-5-10-18/h3-15,23,31,33H,1-2H3. The number of thiazole rings is 1. The van der Waals surface area contributed by atoms with Crippen molar-refractivity contribution in [1.29, 1.82) is 0 Å². The van der Waals surface area contributed by atoms with Crippen LogP contribution < -0.4 is 4.90 Å². The zero-order valence-electron chi connectivity index (χ0n) is 19.1. The number of ketones is 1. The Bertz CT molecular complexity index is 1490. The number of Topliss-reactive ketones (excluding diaryl/α,β-unsaturated/α-hetero) is 1. The van der Waals surface area contributed by atoms with Crippen molar-refractivity contribution < 1.29 is 19.8 Å². The van der Waals surface area contributed by atoms with Gasteiger partial charge in [-0.05, 0) is 49.2 Å². The molecule has 0 spiro atoms. The van der Waals surface area contributed by atoms with Crippen molar-refractivity contribution in [2.75, 3.05) is 4.90 Å². The Hall–Kier alpha value is -4.23. The Balaban J connectivity index is 1.65. The van der Waals surface area contributed by atoms with Crippen LogP contribution in [0, 0.1) is 13.8 Å². The van der Waals surface area contributed by atoms with E-state index in [4.69, 9.17) is 0 Å². The molecule has 7 heteroatoms. The highest BCUT2D eigenvalue weighted by atomic mass is 32.1. The van der Waals surface area contributed by atoms with Gasteiger partial charge < -0.3 is 10.2 Å². The smallest absolute Gasteiger partial charge is 0.294 e. The molecule has 1 amide bonds. The highest BCUT2D eigenvalue weighted by Crippen LogP contribution is 2.44. The molecule has 5 rings (SSSR count). The molecule has 4 aromatic rings. The summed E-state index contributed by atoms with van der Waals surface area (Å²) in [5.41, 5.74) is 3.35. The summed E-state index contributed by atoms with van der Waals surface area (Å²) >= 11 is 1.23. The average Bonchev–Trinajstić information content (AvgIpc) is 3.37. The Labute approximate surface area is 206 Å². The number of anilines is 1. The summed E-state index contributed by atoms with van der Waals surface area (Å²) in [4.78, 5) is 33.6. The van der Waals surface area contributed by atoms with Gasteiger partial charge in [0.05, 0.1) is 22.2 Å². The minimum atomic E-state index is -0.912. The second kappa shape index (κ2) is 8.85. The molecule has 0 radical (unpaired) electrons. The van der Waals surface area contributed by atoms with Gasteiger partial charge in [-0.25, -0.2) is 4.98 Å². The molecule has 0 bridgehead atoms. The van der Waals surface area contributed by atoms with E-state index in [1.807, 2.05) is 55.5 Å². The number of hydrogen-bond donors (Lipinski definition) is 2. The number of aromatic hydroxyl groups is 1. The SMILES string of the molecule is Cc1cccc(N2C(=O)C(O)=C(C(=O)c3sc(-c4ccccc4)nc3C)C2c2cccc(O)c2)c1. The maximum absolute atomic E-state index is 13.9. The molecule has 0 aliphatic carbocycles. The van der Waals surface area contributed by atoms with Gasteiger partial charge >= 0.3 is 0 Å². The monoisotopic (exact) mass is 482 g/mol. The van der Waals surface area contributed by atoms with Gasteiger partial charge in [0.2, 0.25) is 5.78 Å². The normalized spacial score (nSPS) is 15.7. The van der Waals surface area contributed by atoms with Crippen LogP contribution in [0.25, 0.3) is 10.6 Å². The van der Waals surface area contributed by atoms with Gasteiger partial charge in [-0.3, -0.25) is 14.5 Å². The molecule has 0 saturated heterocycles. The second-order valence-electron chi connectivity index (χ2n) is 8.40. The minimum absolute atomic E-state index is 0.00216. The summed E-state index contributed by atoms with van der Waals surface area (Å²) in [7, 11) is 0. The first-order valence-electron chi connectivity index (χ1n) is 11.0. The minimum Gasteiger partial charge on any atom is -0.508 e. The van der Waals surface area contributed by atoms with Crippen molar-refractivity contribution >= 4 is 28.7 Å². The zero-order valence-corrected chi connectivity index (χ0v) is 19.9. The van der Waals surface area contributed by atoms with E-state index in [1.54, 1.807) is 25.1 Å². The predicted octanol–water partition coefficient (Wildman–Crippen LogP) is 5.92. The van der Waals surface area contributed by atoms with E-state index in [9.17, 15) is 19.8 Å². The fourth-order valence-corrected chi connectivity index (χ4v) is 5.35. The maximum Gasteiger partial charge on any atom is 0.294 e. The summed E-state index contributed by atoms with van der Waals surface area (Å²) < 4.78 is 0. The van der Waals surface area contributed by atoms with Crippen molar-refractivity contribution in [2.45, 2.75) is 19.9 Å². The van der Waals surface area contributed by atoms with Gasteiger partial charge in [0.1, 0.15) is 10.8 Å². The Kier molecular flexibility index (Phi) is 5.70. The van der Waals surface area contributed by atoms with Gasteiger partial charge in [0.15, 0.2) is 5.76 Å². The molecule has 0 saturated carbocycles. The van der Waals surface area contributed by atoms with Crippen LogP contribution in [0.5, 0.6) is 5.75 Å². The third-order valence-corrected chi connectivity index (χ3v) is 7.15. The molecule has 35 heavy (non-hydrogen) atoms. The lowest BCUT2D eigenvalue weighted by molar-refractivity contribution is -0.117. The third-order valence-electron chi connectivity index (χ3n) is 5.94. The first-order chi connectivity index (χ1) is 16.8. The van der Waals surface area contributed by atoms with Crippen molar-refractivity contribution in [2.24, 2.45) is 0 Å². The van der Waals surface area contributed by atoms with Crippen LogP contribution in [0.4, 0.5) is 5.69 Å². The van der Waals surface area contributed by atoms with Crippen LogP contribution in [0.1, 0.15) is 32.5 Å². The molecule has 174 valence electrons. The molecule has 1 atom stereocenters. The number of aliphatic hydroxyl groups excluding tert-OH is 1. The molecule has 1 aliphatic heterocycles. The van der Waals surface area contributed by atoms with Crippen LogP contribution in [0.2, 0.25) is 0 Å². The molecule has 1 unspecified atom stereocenters. The van der Waals surface area contributed by atoms with Crippen molar-refractivity contribution in [3.63, 3.8) is 0 Å². The van der Waals surface area contributed by atoms with E-state index in [0.717, 1.165) is 11.1 Å². The lowest BCUT2D eigenvalue weighted by Crippen LogP contribution is -2.31. The van der Waals surface area contributed by atoms with Crippen LogP contribution in [0.3, 0.4) is 0 Å². The maximum atomic E-state index is 13.9. The van der Waals surface area contributed by atoms with E-state index in [2.05, 4.69) is 4.98 Å². The van der Waals surface area contributed by atoms with E-state index >= 15 is 0 Å². The first-order valence-corrected chi connectivity index (χ1v) is 11.9. The number of carbonyl (C=O) groups is 2. The molecular weight excluding hydrogens is 460 g/mol. The number of aryl methyl sites for hydroxylation is 2. The Morgan fingerprint density at radius 3 is 2.40 bits per heavy atom. The molecule has 1 aliphatic rings. The number of amides is 1. The fraction of sp³-hybridized carbons (Fsp3) is 0.107. The van der Waals surface area contributed by atoms with Gasteiger partial charge in [0.25, 0.3) is 5.91 Å². The summed E-state index contributed by atoms with van der Waals surface area (Å²) in [5.74, 6) is -1.73. The lowest BCUT2D eigenvalue weighted by atomic mass is 9.94. The Morgan fingerprint density at radius 1 is 0.943 bits per heavy atom. The molecule has 1 aromatic heterocycles. The summed E-state index contributed by atoms with van der Waals surface area (Å²) in [6.07, 6.45) is 0. The van der Waals surface area contributed by atoms with Crippen molar-refractivity contribution in [3.05, 3.63) is 112 Å². The number of rotatable bonds is 5. The van der Waals surface area contributed by atoms with Crippen molar-refractivity contribution in [1.82, 2.24) is 4.98 Å². The van der Waals surface area contributed by atoms with E-state index in [1.165, 1.54) is 28.4 Å². The molecular formula is C28H22N2O4S. The van der Waals surface area contributed by atoms with E-state index in [0.29, 0.717) is 26.8 Å². The number of hydrogen-bond acceptors (Lipinski definition) is 6. The topological polar surface area (TPSA) is 90.7 Å². The molecule has 3 aromatic carbocycles. The summed E-state index contributed by atoms with van der Waals surface area (Å²) in [5, 5.41) is 21.8. The number of phenols is 1. The number of benzene rings is 3. The lowest BCUT2D eigenvalue weighted by Gasteiger charge is -2.27. The number of carbonyl (C=O) groups excluding carboxylic acids is 2. The number of aromatic nitrogens is 1. The van der Waals surface area contributed by atoms with Crippen LogP contribution in [-0.2, 0) is 4.79 Å². The quantitative estimate of drug-likeness (QED) is 0.345. The summed E-state index contributed by atoms with van der Waals surface area (Å²) in [6.45, 7) is 3.64.